The van der Waals surface area contributed by atoms with Crippen molar-refractivity contribution in [1.82, 2.24) is 0 Å². The van der Waals surface area contributed by atoms with Crippen LogP contribution in [0.25, 0.3) is 0 Å². The van der Waals surface area contributed by atoms with E-state index in [1.165, 1.54) is 411 Å². The predicted molar refractivity (Wildman–Crippen MR) is 325 cm³/mol. The van der Waals surface area contributed by atoms with E-state index in [9.17, 15) is 0 Å². The van der Waals surface area contributed by atoms with E-state index in [4.69, 9.17) is 0 Å². The Bertz CT molecular complexity index is 858. The number of hydrogen-bond acceptors (Lipinski definition) is 0. The van der Waals surface area contributed by atoms with Crippen LogP contribution in [0.4, 0.5) is 0 Å². The van der Waals surface area contributed by atoms with Gasteiger partial charge in [-0.05, 0) is 11.8 Å². The Labute approximate surface area is 448 Å². The van der Waals surface area contributed by atoms with Crippen molar-refractivity contribution < 1.29 is 0 Å². The van der Waals surface area contributed by atoms with E-state index in [1.807, 2.05) is 0 Å². The molecule has 0 aliphatic heterocycles. The van der Waals surface area contributed by atoms with Crippen molar-refractivity contribution >= 4 is 0 Å². The van der Waals surface area contributed by atoms with Gasteiger partial charge in [-0.1, -0.05) is 439 Å². The van der Waals surface area contributed by atoms with Crippen molar-refractivity contribution in [2.75, 3.05) is 0 Å². The zero-order chi connectivity index (χ0) is 50.4. The van der Waals surface area contributed by atoms with Gasteiger partial charge in [0.1, 0.15) is 0 Å². The van der Waals surface area contributed by atoms with Gasteiger partial charge in [0.25, 0.3) is 0 Å². The molecule has 0 heterocycles. The molecule has 70 heavy (non-hydrogen) atoms. The lowest BCUT2D eigenvalue weighted by atomic mass is 9.89. The van der Waals surface area contributed by atoms with Crippen molar-refractivity contribution in [3.05, 3.63) is 0 Å². The first-order valence-electron chi connectivity index (χ1n) is 34.7. The zero-order valence-corrected chi connectivity index (χ0v) is 50.4. The minimum absolute atomic E-state index is 0.957. The van der Waals surface area contributed by atoms with Gasteiger partial charge in [0.2, 0.25) is 0 Å². The summed E-state index contributed by atoms with van der Waals surface area (Å²) in [4.78, 5) is 0. The average Bonchev–Trinajstić information content (AvgIpc) is 3.37. The van der Waals surface area contributed by atoms with Gasteiger partial charge >= 0.3 is 0 Å². The third-order valence-corrected chi connectivity index (χ3v) is 17.3. The maximum Gasteiger partial charge on any atom is -0.0414 e. The van der Waals surface area contributed by atoms with E-state index in [0.717, 1.165) is 11.8 Å². The molecule has 0 bridgehead atoms. The molecule has 0 radical (unpaired) electrons. The Balaban J connectivity index is 3.99. The Morgan fingerprint density at radius 3 is 0.400 bits per heavy atom. The van der Waals surface area contributed by atoms with Crippen LogP contribution in [0.3, 0.4) is 0 Å². The molecule has 422 valence electrons. The van der Waals surface area contributed by atoms with E-state index >= 15 is 0 Å². The molecule has 0 aromatic rings. The van der Waals surface area contributed by atoms with E-state index in [0.29, 0.717) is 0 Å². The fraction of sp³-hybridized carbons (Fsp3) is 1.00. The average molecular weight is 984 g/mol. The van der Waals surface area contributed by atoms with Crippen molar-refractivity contribution in [3.8, 4) is 0 Å². The minimum Gasteiger partial charge on any atom is -0.0654 e. The standard InChI is InChI=1S/C70H142/c1-5-8-11-14-17-20-23-26-29-31-32-33-34-35-37-40-43-46-52-57-62-67-70(66-61-56-51-45-42-39-36-30-27-24-21-18-15-12-9-6-2)68-63-58-53-48-47-50-55-60-65-69(4)64-59-54-49-44-41-38-28-25-22-19-16-13-10-7-3/h69-70H,5-68H2,1-4H3. The topological polar surface area (TPSA) is 0 Å². The molecule has 2 unspecified atom stereocenters. The van der Waals surface area contributed by atoms with E-state index in [2.05, 4.69) is 27.7 Å². The van der Waals surface area contributed by atoms with Gasteiger partial charge in [-0.3, -0.25) is 0 Å². The van der Waals surface area contributed by atoms with Crippen LogP contribution in [0, 0.1) is 11.8 Å². The number of hydrogen-bond donors (Lipinski definition) is 0. The molecule has 0 saturated carbocycles. The molecule has 0 aromatic heterocycles. The maximum absolute atomic E-state index is 2.54. The molecule has 0 fully saturated rings. The summed E-state index contributed by atoms with van der Waals surface area (Å²) in [6, 6.07) is 0. The molecular formula is C70H142. The smallest absolute Gasteiger partial charge is 0.0414 e. The van der Waals surface area contributed by atoms with Gasteiger partial charge in [-0.15, -0.1) is 0 Å². The van der Waals surface area contributed by atoms with Crippen LogP contribution >= 0.6 is 0 Å². The predicted octanol–water partition coefficient (Wildman–Crippen LogP) is 27.3. The Hall–Kier alpha value is 0. The second-order valence-corrected chi connectivity index (χ2v) is 24.7. The maximum atomic E-state index is 2.54. The Morgan fingerprint density at radius 2 is 0.257 bits per heavy atom. The Kier molecular flexibility index (Phi) is 65.1. The molecule has 0 saturated heterocycles. The zero-order valence-electron chi connectivity index (χ0n) is 50.4. The first kappa shape index (κ1) is 70.0. The second kappa shape index (κ2) is 65.1. The van der Waals surface area contributed by atoms with Gasteiger partial charge < -0.3 is 0 Å². The third kappa shape index (κ3) is 62.3. The highest BCUT2D eigenvalue weighted by atomic mass is 14.2. The van der Waals surface area contributed by atoms with Crippen LogP contribution < -0.4 is 0 Å². The molecule has 2 atom stereocenters. The molecule has 0 aliphatic carbocycles. The summed E-state index contributed by atoms with van der Waals surface area (Å²) in [6.07, 6.45) is 95.2. The van der Waals surface area contributed by atoms with Crippen molar-refractivity contribution in [1.29, 1.82) is 0 Å². The monoisotopic (exact) mass is 983 g/mol. The Morgan fingerprint density at radius 1 is 0.143 bits per heavy atom. The summed E-state index contributed by atoms with van der Waals surface area (Å²) in [7, 11) is 0. The molecular weight excluding hydrogens is 841 g/mol. The van der Waals surface area contributed by atoms with Crippen molar-refractivity contribution in [2.45, 2.75) is 439 Å². The fourth-order valence-electron chi connectivity index (χ4n) is 12.1. The SMILES string of the molecule is CCCCCCCCCCCCCCCCCCCCCCCC(CCCCCCCCCCCCCCCCCC)CCCCCCCCCCC(C)CCCCCCCCCCCCCCCC. The minimum atomic E-state index is 0.957. The summed E-state index contributed by atoms with van der Waals surface area (Å²) in [5, 5.41) is 0. The molecule has 0 N–H and O–H groups in total. The van der Waals surface area contributed by atoms with Crippen molar-refractivity contribution in [3.63, 3.8) is 0 Å². The van der Waals surface area contributed by atoms with E-state index in [-0.39, 0.29) is 0 Å². The van der Waals surface area contributed by atoms with Crippen LogP contribution in [-0.4, -0.2) is 0 Å². The van der Waals surface area contributed by atoms with Gasteiger partial charge in [0, 0.05) is 0 Å². The first-order chi connectivity index (χ1) is 34.7. The first-order valence-corrected chi connectivity index (χ1v) is 34.7. The van der Waals surface area contributed by atoms with Crippen LogP contribution in [0.1, 0.15) is 439 Å². The summed E-state index contributed by atoms with van der Waals surface area (Å²) < 4.78 is 0. The number of rotatable bonds is 65. The normalized spacial score (nSPS) is 12.7. The van der Waals surface area contributed by atoms with E-state index in [1.54, 1.807) is 0 Å². The third-order valence-electron chi connectivity index (χ3n) is 17.3. The van der Waals surface area contributed by atoms with Gasteiger partial charge in [-0.2, -0.15) is 0 Å². The number of unbranched alkanes of at least 4 members (excludes halogenated alkanes) is 55. The summed E-state index contributed by atoms with van der Waals surface area (Å²) in [6.45, 7) is 9.51. The lowest BCUT2D eigenvalue weighted by Gasteiger charge is -2.17. The molecule has 0 spiro atoms. The largest absolute Gasteiger partial charge is 0.0654 e. The summed E-state index contributed by atoms with van der Waals surface area (Å²) >= 11 is 0. The van der Waals surface area contributed by atoms with Crippen LogP contribution in [0.15, 0.2) is 0 Å². The van der Waals surface area contributed by atoms with Crippen molar-refractivity contribution in [2.24, 2.45) is 11.8 Å². The van der Waals surface area contributed by atoms with Gasteiger partial charge in [0.05, 0.1) is 0 Å². The quantitative estimate of drug-likeness (QED) is 0.0533. The lowest BCUT2D eigenvalue weighted by molar-refractivity contribution is 0.365. The fourth-order valence-corrected chi connectivity index (χ4v) is 12.1. The lowest BCUT2D eigenvalue weighted by Crippen LogP contribution is -2.01. The summed E-state index contributed by atoms with van der Waals surface area (Å²) in [5.74, 6) is 1.98. The summed E-state index contributed by atoms with van der Waals surface area (Å²) in [5.41, 5.74) is 0. The van der Waals surface area contributed by atoms with Gasteiger partial charge in [-0.25, -0.2) is 0 Å². The highest BCUT2D eigenvalue weighted by molar-refractivity contribution is 4.63. The van der Waals surface area contributed by atoms with Crippen LogP contribution in [0.2, 0.25) is 0 Å². The van der Waals surface area contributed by atoms with Crippen LogP contribution in [-0.2, 0) is 0 Å². The highest BCUT2D eigenvalue weighted by Crippen LogP contribution is 2.26. The van der Waals surface area contributed by atoms with Crippen LogP contribution in [0.5, 0.6) is 0 Å². The highest BCUT2D eigenvalue weighted by Gasteiger charge is 2.10. The molecule has 0 amide bonds. The molecule has 0 heteroatoms. The molecule has 0 nitrogen and oxygen atoms in total. The van der Waals surface area contributed by atoms with E-state index < -0.39 is 0 Å². The van der Waals surface area contributed by atoms with Gasteiger partial charge in [0.15, 0.2) is 0 Å². The molecule has 0 aliphatic rings. The molecule has 0 aromatic carbocycles. The molecule has 0 rings (SSSR count). The second-order valence-electron chi connectivity index (χ2n) is 24.7.